The smallest absolute Gasteiger partial charge is 0.425 e. The molecule has 2 aromatic rings. The molecule has 27 heavy (non-hydrogen) atoms. The number of carboxylic acids is 1. The van der Waals surface area contributed by atoms with Crippen LogP contribution in [0, 0.1) is 0 Å². The Bertz CT molecular complexity index is 952. The van der Waals surface area contributed by atoms with Crippen LogP contribution in [-0.4, -0.2) is 37.7 Å². The summed E-state index contributed by atoms with van der Waals surface area (Å²) in [5.41, 5.74) is -1.08. The third kappa shape index (κ3) is 3.66. The van der Waals surface area contributed by atoms with Gasteiger partial charge >= 0.3 is 17.8 Å². The molecule has 1 aliphatic rings. The van der Waals surface area contributed by atoms with Crippen LogP contribution >= 0.6 is 11.6 Å². The Kier molecular flexibility index (Phi) is 4.94. The summed E-state index contributed by atoms with van der Waals surface area (Å²) >= 11 is 6.09. The third-order valence-corrected chi connectivity index (χ3v) is 4.55. The average Bonchev–Trinajstić information content (AvgIpc) is 2.92. The Hall–Kier alpha value is -2.49. The molecule has 1 aliphatic heterocycles. The Morgan fingerprint density at radius 3 is 2.67 bits per heavy atom. The zero-order valence-corrected chi connectivity index (χ0v) is 14.8. The van der Waals surface area contributed by atoms with Crippen LogP contribution in [0.1, 0.15) is 35.9 Å². The maximum absolute atomic E-state index is 12.8. The van der Waals surface area contributed by atoms with Gasteiger partial charge in [0, 0.05) is 19.0 Å². The van der Waals surface area contributed by atoms with E-state index in [2.05, 4.69) is 5.10 Å². The number of hydrogen-bond acceptors (Lipinski definition) is 4. The molecule has 0 bridgehead atoms. The van der Waals surface area contributed by atoms with E-state index in [1.165, 1.54) is 4.57 Å². The van der Waals surface area contributed by atoms with Crippen molar-refractivity contribution in [1.29, 1.82) is 0 Å². The summed E-state index contributed by atoms with van der Waals surface area (Å²) in [5.74, 6) is -1.52. The summed E-state index contributed by atoms with van der Waals surface area (Å²) in [4.78, 5) is 23.9. The number of rotatable bonds is 4. The Morgan fingerprint density at radius 2 is 2.07 bits per heavy atom. The summed E-state index contributed by atoms with van der Waals surface area (Å²) < 4.78 is 45.7. The van der Waals surface area contributed by atoms with Gasteiger partial charge in [0.25, 0.3) is 0 Å². The highest BCUT2D eigenvalue weighted by atomic mass is 35.5. The molecule has 7 nitrogen and oxygen atoms in total. The molecular formula is C16H15ClF3N3O4. The summed E-state index contributed by atoms with van der Waals surface area (Å²) in [6.07, 6.45) is -4.69. The number of carbonyl (C=O) groups is 1. The lowest BCUT2D eigenvalue weighted by atomic mass is 10.1. The number of benzene rings is 1. The quantitative estimate of drug-likeness (QED) is 0.844. The minimum atomic E-state index is -4.69. The fraction of sp³-hybridized carbons (Fsp3) is 0.438. The largest absolute Gasteiger partial charge is 0.480 e. The molecule has 146 valence electrons. The fourth-order valence-electron chi connectivity index (χ4n) is 2.78. The van der Waals surface area contributed by atoms with Crippen molar-refractivity contribution in [1.82, 2.24) is 14.3 Å². The summed E-state index contributed by atoms with van der Waals surface area (Å²) in [6.45, 7) is 1.23. The van der Waals surface area contributed by atoms with Crippen molar-refractivity contribution in [3.63, 3.8) is 0 Å². The summed E-state index contributed by atoms with van der Waals surface area (Å²) in [6, 6.07) is 1.94. The highest BCUT2D eigenvalue weighted by molar-refractivity contribution is 6.32. The van der Waals surface area contributed by atoms with Crippen LogP contribution in [0.3, 0.4) is 0 Å². The average molecular weight is 406 g/mol. The van der Waals surface area contributed by atoms with E-state index in [0.717, 1.165) is 36.6 Å². The van der Waals surface area contributed by atoms with Gasteiger partial charge in [-0.05, 0) is 25.8 Å². The zero-order valence-electron chi connectivity index (χ0n) is 14.1. The molecule has 0 spiro atoms. The first kappa shape index (κ1) is 19.3. The minimum Gasteiger partial charge on any atom is -0.480 e. The van der Waals surface area contributed by atoms with E-state index < -0.39 is 35.3 Å². The molecule has 1 aromatic heterocycles. The number of aromatic nitrogens is 3. The molecule has 0 aliphatic carbocycles. The number of aryl methyl sites for hydroxylation is 1. The van der Waals surface area contributed by atoms with Crippen molar-refractivity contribution in [2.24, 2.45) is 0 Å². The molecule has 1 atom stereocenters. The number of ether oxygens (including phenoxy) is 1. The molecule has 11 heteroatoms. The second-order valence-corrected chi connectivity index (χ2v) is 6.53. The van der Waals surface area contributed by atoms with Gasteiger partial charge in [0.15, 0.2) is 6.10 Å². The monoisotopic (exact) mass is 405 g/mol. The minimum absolute atomic E-state index is 0.0436. The van der Waals surface area contributed by atoms with Crippen molar-refractivity contribution < 1.29 is 27.8 Å². The van der Waals surface area contributed by atoms with Crippen molar-refractivity contribution in [2.45, 2.75) is 45.0 Å². The van der Waals surface area contributed by atoms with Gasteiger partial charge in [-0.3, -0.25) is 4.57 Å². The van der Waals surface area contributed by atoms with Crippen LogP contribution in [-0.2, 0) is 13.0 Å². The number of fused-ring (bicyclic) bond motifs is 1. The zero-order chi connectivity index (χ0) is 19.9. The van der Waals surface area contributed by atoms with Gasteiger partial charge in [0.2, 0.25) is 0 Å². The number of aromatic carboxylic acids is 1. The fourth-order valence-corrected chi connectivity index (χ4v) is 3.03. The van der Waals surface area contributed by atoms with Gasteiger partial charge < -0.3 is 9.84 Å². The maximum atomic E-state index is 12.8. The first-order valence-corrected chi connectivity index (χ1v) is 8.46. The van der Waals surface area contributed by atoms with Crippen LogP contribution < -0.4 is 10.4 Å². The van der Waals surface area contributed by atoms with Crippen LogP contribution in [0.25, 0.3) is 5.69 Å². The van der Waals surface area contributed by atoms with Gasteiger partial charge in [0.1, 0.15) is 17.1 Å². The van der Waals surface area contributed by atoms with Crippen molar-refractivity contribution >= 4 is 17.6 Å². The molecule has 0 saturated heterocycles. The molecule has 0 fully saturated rings. The number of nitrogens with zero attached hydrogens (tertiary/aromatic N) is 3. The van der Waals surface area contributed by atoms with Crippen molar-refractivity contribution in [2.75, 3.05) is 0 Å². The molecule has 0 amide bonds. The first-order valence-electron chi connectivity index (χ1n) is 8.09. The number of hydrogen-bond donors (Lipinski definition) is 1. The third-order valence-electron chi connectivity index (χ3n) is 4.24. The van der Waals surface area contributed by atoms with E-state index >= 15 is 0 Å². The van der Waals surface area contributed by atoms with Gasteiger partial charge in [-0.25, -0.2) is 9.59 Å². The van der Waals surface area contributed by atoms with E-state index in [9.17, 15) is 27.9 Å². The van der Waals surface area contributed by atoms with Crippen molar-refractivity contribution in [3.8, 4) is 11.4 Å². The molecule has 0 radical (unpaired) electrons. The van der Waals surface area contributed by atoms with E-state index in [-0.39, 0.29) is 10.7 Å². The van der Waals surface area contributed by atoms with Gasteiger partial charge in [-0.15, -0.1) is 5.10 Å². The van der Waals surface area contributed by atoms with E-state index in [1.807, 2.05) is 0 Å². The summed E-state index contributed by atoms with van der Waals surface area (Å²) in [5, 5.41) is 13.3. The normalized spacial score (nSPS) is 15.3. The predicted molar refractivity (Wildman–Crippen MR) is 88.9 cm³/mol. The Morgan fingerprint density at radius 1 is 1.37 bits per heavy atom. The lowest BCUT2D eigenvalue weighted by molar-refractivity contribution is -0.189. The predicted octanol–water partition coefficient (Wildman–Crippen LogP) is 3.05. The Labute approximate surface area is 155 Å². The van der Waals surface area contributed by atoms with Crippen molar-refractivity contribution in [3.05, 3.63) is 39.0 Å². The number of carboxylic acid groups (broad SMARTS) is 1. The molecule has 2 heterocycles. The highest BCUT2D eigenvalue weighted by Gasteiger charge is 2.39. The van der Waals surface area contributed by atoms with Crippen LogP contribution in [0.15, 0.2) is 16.9 Å². The molecule has 1 N–H and O–H groups in total. The second-order valence-electron chi connectivity index (χ2n) is 6.13. The lowest BCUT2D eigenvalue weighted by Crippen LogP contribution is -2.32. The molecule has 1 aromatic carbocycles. The highest BCUT2D eigenvalue weighted by Crippen LogP contribution is 2.32. The summed E-state index contributed by atoms with van der Waals surface area (Å²) in [7, 11) is 0. The lowest BCUT2D eigenvalue weighted by Gasteiger charge is -2.19. The first-order chi connectivity index (χ1) is 12.6. The van der Waals surface area contributed by atoms with Gasteiger partial charge in [-0.2, -0.15) is 17.9 Å². The second kappa shape index (κ2) is 6.91. The van der Waals surface area contributed by atoms with Gasteiger partial charge in [0.05, 0.1) is 10.7 Å². The van der Waals surface area contributed by atoms with Crippen LogP contribution in [0.4, 0.5) is 13.2 Å². The van der Waals surface area contributed by atoms with Crippen LogP contribution in [0.2, 0.25) is 5.02 Å². The molecule has 0 unspecified atom stereocenters. The SMILES string of the molecule is C[C@H](Oc1cc(-n2nc3n(c2=O)CCCC3)c(Cl)cc1C(=O)O)C(F)(F)F. The van der Waals surface area contributed by atoms with E-state index in [0.29, 0.717) is 18.8 Å². The van der Waals surface area contributed by atoms with Gasteiger partial charge in [-0.1, -0.05) is 11.6 Å². The molecule has 0 saturated carbocycles. The maximum Gasteiger partial charge on any atom is 0.425 e. The van der Waals surface area contributed by atoms with E-state index in [4.69, 9.17) is 16.3 Å². The van der Waals surface area contributed by atoms with Crippen LogP contribution in [0.5, 0.6) is 5.75 Å². The standard InChI is InChI=1S/C16H15ClF3N3O4/c1-8(16(18,19)20)27-12-7-11(10(17)6-9(12)14(24)25)23-15(26)22-5-3-2-4-13(22)21-23/h6-8H,2-5H2,1H3,(H,24,25)/t8-/m0/s1. The molecular weight excluding hydrogens is 391 g/mol. The molecule has 3 rings (SSSR count). The van der Waals surface area contributed by atoms with E-state index in [1.54, 1.807) is 0 Å². The topological polar surface area (TPSA) is 86.4 Å². The number of halogens is 4. The Balaban J connectivity index is 2.12. The number of alkyl halides is 3.